The molecular weight excluding hydrogens is 261 g/mol. The van der Waals surface area contributed by atoms with E-state index in [1.165, 1.54) is 0 Å². The minimum absolute atomic E-state index is 3.70. The largest absolute Gasteiger partial charge is 0.470 e. The molecule has 0 saturated carbocycles. The zero-order chi connectivity index (χ0) is 12.0. The Morgan fingerprint density at radius 1 is 0.857 bits per heavy atom. The van der Waals surface area contributed by atoms with Crippen molar-refractivity contribution < 1.29 is 38.8 Å². The minimum Gasteiger partial charge on any atom is -0.215 e. The molecule has 0 aromatic carbocycles. The lowest BCUT2D eigenvalue weighted by Crippen LogP contribution is -2.48. The lowest BCUT2D eigenvalue weighted by Gasteiger charge is -2.17. The lowest BCUT2D eigenvalue weighted by molar-refractivity contribution is -0.240. The summed E-state index contributed by atoms with van der Waals surface area (Å²) in [6, 6.07) is 0. The molecule has 0 fully saturated rings. The van der Waals surface area contributed by atoms with Gasteiger partial charge in [-0.05, 0) is 0 Å². The van der Waals surface area contributed by atoms with Gasteiger partial charge in [-0.1, -0.05) is 0 Å². The van der Waals surface area contributed by atoms with Crippen LogP contribution in [0, 0.1) is 0 Å². The highest BCUT2D eigenvalue weighted by atomic mass is 33.2. The van der Waals surface area contributed by atoms with Gasteiger partial charge in [0.1, 0.15) is 0 Å². The van der Waals surface area contributed by atoms with Crippen molar-refractivity contribution in [3.63, 3.8) is 0 Å². The molecular formula is C2H2F5NO4S2. The summed E-state index contributed by atoms with van der Waals surface area (Å²) in [6.07, 6.45) is -6.54. The van der Waals surface area contributed by atoms with Crippen LogP contribution in [0.3, 0.4) is 0 Å². The summed E-state index contributed by atoms with van der Waals surface area (Å²) in [5.41, 5.74) is 0. The van der Waals surface area contributed by atoms with E-state index >= 15 is 0 Å². The van der Waals surface area contributed by atoms with Crippen LogP contribution >= 0.6 is 0 Å². The van der Waals surface area contributed by atoms with Gasteiger partial charge < -0.3 is 0 Å². The Morgan fingerprint density at radius 2 is 1.14 bits per heavy atom. The molecule has 0 bridgehead atoms. The molecule has 0 aliphatic heterocycles. The highest BCUT2D eigenvalue weighted by Crippen LogP contribution is 2.41. The Bertz CT molecular complexity index is 417. The zero-order valence-corrected chi connectivity index (χ0v) is 7.55. The van der Waals surface area contributed by atoms with E-state index in [4.69, 9.17) is 0 Å². The SMILES string of the molecule is NS(=O)(=O)S(=O)(=O)C(F)(F)C(F)(F)F. The fourth-order valence-corrected chi connectivity index (χ4v) is 2.02. The minimum atomic E-state index is -6.84. The molecule has 0 rings (SSSR count). The summed E-state index contributed by atoms with van der Waals surface area (Å²) in [5, 5.41) is -2.72. The molecule has 0 aromatic heterocycles. The van der Waals surface area contributed by atoms with Gasteiger partial charge in [-0.3, -0.25) is 0 Å². The first-order chi connectivity index (χ1) is 5.75. The summed E-state index contributed by atoms with van der Waals surface area (Å²) in [4.78, 5) is 0. The summed E-state index contributed by atoms with van der Waals surface area (Å²) in [6.45, 7) is 0. The molecule has 0 amide bonds. The van der Waals surface area contributed by atoms with Crippen LogP contribution < -0.4 is 5.14 Å². The summed E-state index contributed by atoms with van der Waals surface area (Å²) in [7, 11) is -12.9. The second-order valence-electron chi connectivity index (χ2n) is 1.96. The van der Waals surface area contributed by atoms with Crippen molar-refractivity contribution in [1.82, 2.24) is 0 Å². The predicted molar refractivity (Wildman–Crippen MR) is 33.0 cm³/mol. The standard InChI is InChI=1S/C2H2F5NO4S2/c3-1(4,5)2(6,7)13(9,10)14(8,11)12/h(H2,8,11,12). The maximum absolute atomic E-state index is 12.0. The highest BCUT2D eigenvalue weighted by molar-refractivity contribution is 8.66. The second kappa shape index (κ2) is 3.00. The topological polar surface area (TPSA) is 94.3 Å². The maximum atomic E-state index is 12.0. The lowest BCUT2D eigenvalue weighted by atomic mass is 10.7. The molecule has 0 radical (unpaired) electrons. The van der Waals surface area contributed by atoms with Gasteiger partial charge in [0.2, 0.25) is 0 Å². The average Bonchev–Trinajstić information content (AvgIpc) is 1.81. The fraction of sp³-hybridized carbons (Fsp3) is 1.00. The van der Waals surface area contributed by atoms with E-state index in [1.54, 1.807) is 0 Å². The molecule has 0 aliphatic carbocycles. The average molecular weight is 263 g/mol. The third-order valence-electron chi connectivity index (χ3n) is 0.950. The van der Waals surface area contributed by atoms with Gasteiger partial charge in [0, 0.05) is 0 Å². The van der Waals surface area contributed by atoms with Crippen LogP contribution in [0.1, 0.15) is 0 Å². The van der Waals surface area contributed by atoms with Crippen molar-refractivity contribution in [3.05, 3.63) is 0 Å². The van der Waals surface area contributed by atoms with E-state index in [-0.39, 0.29) is 0 Å². The van der Waals surface area contributed by atoms with E-state index in [1.807, 2.05) is 0 Å². The molecule has 5 nitrogen and oxygen atoms in total. The normalized spacial score (nSPS) is 15.6. The van der Waals surface area contributed by atoms with Gasteiger partial charge in [-0.15, -0.1) is 0 Å². The molecule has 0 heterocycles. The first-order valence-corrected chi connectivity index (χ1v) is 6.01. The van der Waals surface area contributed by atoms with Crippen LogP contribution in [0.5, 0.6) is 0 Å². The molecule has 0 aromatic rings. The molecule has 2 N–H and O–H groups in total. The van der Waals surface area contributed by atoms with Crippen molar-refractivity contribution in [2.45, 2.75) is 11.4 Å². The number of nitrogens with two attached hydrogens (primary N) is 1. The summed E-state index contributed by atoms with van der Waals surface area (Å²) < 4.78 is 98.5. The first kappa shape index (κ1) is 13.5. The van der Waals surface area contributed by atoms with E-state index in [9.17, 15) is 38.8 Å². The van der Waals surface area contributed by atoms with Crippen LogP contribution in [-0.2, 0) is 17.9 Å². The van der Waals surface area contributed by atoms with Crippen molar-refractivity contribution in [2.75, 3.05) is 0 Å². The number of hydrogen-bond acceptors (Lipinski definition) is 4. The number of halogens is 5. The number of rotatable bonds is 2. The Balaban J connectivity index is 5.82. The van der Waals surface area contributed by atoms with Gasteiger partial charge in [-0.2, -0.15) is 30.4 Å². The molecule has 0 spiro atoms. The number of alkyl halides is 5. The molecule has 14 heavy (non-hydrogen) atoms. The molecule has 12 heteroatoms. The maximum Gasteiger partial charge on any atom is 0.470 e. The quantitative estimate of drug-likeness (QED) is 0.549. The highest BCUT2D eigenvalue weighted by Gasteiger charge is 2.71. The third-order valence-corrected chi connectivity index (χ3v) is 4.88. The second-order valence-corrected chi connectivity index (χ2v) is 7.08. The van der Waals surface area contributed by atoms with E-state index in [0.29, 0.717) is 0 Å². The summed E-state index contributed by atoms with van der Waals surface area (Å²) >= 11 is 0. The molecule has 0 unspecified atom stereocenters. The van der Waals surface area contributed by atoms with E-state index < -0.39 is 29.4 Å². The van der Waals surface area contributed by atoms with Gasteiger partial charge in [-0.25, -0.2) is 13.6 Å². The zero-order valence-electron chi connectivity index (χ0n) is 5.92. The van der Waals surface area contributed by atoms with Crippen molar-refractivity contribution in [3.8, 4) is 0 Å². The Hall–Kier alpha value is -0.490. The molecule has 0 atom stereocenters. The van der Waals surface area contributed by atoms with E-state index in [0.717, 1.165) is 0 Å². The predicted octanol–water partition coefficient (Wildman–Crippen LogP) is -0.240. The molecule has 0 aliphatic rings. The first-order valence-electron chi connectivity index (χ1n) is 2.47. The van der Waals surface area contributed by atoms with Crippen LogP contribution in [0.4, 0.5) is 22.0 Å². The van der Waals surface area contributed by atoms with Crippen molar-refractivity contribution in [1.29, 1.82) is 0 Å². The Morgan fingerprint density at radius 3 is 1.21 bits per heavy atom. The van der Waals surface area contributed by atoms with Crippen LogP contribution in [0.15, 0.2) is 0 Å². The van der Waals surface area contributed by atoms with Gasteiger partial charge in [0.05, 0.1) is 0 Å². The van der Waals surface area contributed by atoms with E-state index in [2.05, 4.69) is 5.14 Å². The fourth-order valence-electron chi connectivity index (χ4n) is 0.288. The Kier molecular flexibility index (Phi) is 2.89. The van der Waals surface area contributed by atoms with Gasteiger partial charge in [0.25, 0.3) is 0 Å². The van der Waals surface area contributed by atoms with Crippen LogP contribution in [0.25, 0.3) is 0 Å². The van der Waals surface area contributed by atoms with Crippen LogP contribution in [0.2, 0.25) is 0 Å². The summed E-state index contributed by atoms with van der Waals surface area (Å²) in [5.74, 6) is 0. The molecule has 0 saturated heterocycles. The molecule has 86 valence electrons. The smallest absolute Gasteiger partial charge is 0.215 e. The third kappa shape index (κ3) is 1.81. The monoisotopic (exact) mass is 263 g/mol. The van der Waals surface area contributed by atoms with Gasteiger partial charge in [0.15, 0.2) is 0 Å². The number of hydrogen-bond donors (Lipinski definition) is 1. The van der Waals surface area contributed by atoms with Gasteiger partial charge >= 0.3 is 29.4 Å². The van der Waals surface area contributed by atoms with Crippen molar-refractivity contribution >= 4 is 17.9 Å². The Labute approximate surface area is 74.1 Å². The van der Waals surface area contributed by atoms with Crippen LogP contribution in [-0.4, -0.2) is 28.3 Å². The van der Waals surface area contributed by atoms with Crippen molar-refractivity contribution in [2.24, 2.45) is 5.14 Å².